The van der Waals surface area contributed by atoms with Crippen LogP contribution < -0.4 is 0 Å². The second kappa shape index (κ2) is 5.55. The Morgan fingerprint density at radius 3 is 2.39 bits per heavy atom. The monoisotopic (exact) mass is 253 g/mol. The van der Waals surface area contributed by atoms with Crippen molar-refractivity contribution in [2.75, 3.05) is 6.54 Å². The number of carbonyl (C=O) groups is 2. The minimum atomic E-state index is -0.536. The van der Waals surface area contributed by atoms with Gasteiger partial charge in [0.2, 0.25) is 0 Å². The Labute approximate surface area is 109 Å². The largest absolute Gasteiger partial charge is 0.444 e. The predicted molar refractivity (Wildman–Crippen MR) is 70.4 cm³/mol. The van der Waals surface area contributed by atoms with Gasteiger partial charge in [-0.05, 0) is 52.5 Å². The number of carbonyl (C=O) groups excluding carboxylic acids is 2. The summed E-state index contributed by atoms with van der Waals surface area (Å²) in [6.45, 7) is 11.4. The van der Waals surface area contributed by atoms with E-state index in [-0.39, 0.29) is 5.78 Å². The number of ether oxygens (including phenoxy) is 1. The van der Waals surface area contributed by atoms with Crippen LogP contribution in [-0.4, -0.2) is 35.0 Å². The van der Waals surface area contributed by atoms with Crippen molar-refractivity contribution in [2.45, 2.75) is 58.6 Å². The van der Waals surface area contributed by atoms with Gasteiger partial charge in [-0.15, -0.1) is 0 Å². The van der Waals surface area contributed by atoms with E-state index in [9.17, 15) is 9.59 Å². The van der Waals surface area contributed by atoms with E-state index in [0.717, 1.165) is 12.8 Å². The summed E-state index contributed by atoms with van der Waals surface area (Å²) in [5.41, 5.74) is -0.0406. The van der Waals surface area contributed by atoms with Crippen LogP contribution in [0.25, 0.3) is 0 Å². The van der Waals surface area contributed by atoms with Gasteiger partial charge >= 0.3 is 6.09 Å². The summed E-state index contributed by atoms with van der Waals surface area (Å²) in [5.74, 6) is -0.0550. The molecule has 0 aromatic heterocycles. The first-order chi connectivity index (χ1) is 8.22. The smallest absolute Gasteiger partial charge is 0.410 e. The molecule has 102 valence electrons. The Morgan fingerprint density at radius 2 is 1.89 bits per heavy atom. The lowest BCUT2D eigenvalue weighted by Gasteiger charge is -2.35. The summed E-state index contributed by atoms with van der Waals surface area (Å²) in [7, 11) is 0. The van der Waals surface area contributed by atoms with Gasteiger partial charge in [-0.25, -0.2) is 4.79 Å². The molecule has 1 rings (SSSR count). The molecule has 1 amide bonds. The molecular weight excluding hydrogens is 230 g/mol. The number of ketones is 1. The lowest BCUT2D eigenvalue weighted by molar-refractivity contribution is -0.121. The number of rotatable bonds is 2. The Morgan fingerprint density at radius 1 is 1.28 bits per heavy atom. The van der Waals surface area contributed by atoms with Crippen molar-refractivity contribution >= 4 is 11.9 Å². The maximum absolute atomic E-state index is 12.1. The molecule has 1 aliphatic rings. The summed E-state index contributed by atoms with van der Waals surface area (Å²) in [6.07, 6.45) is 2.18. The molecule has 0 aliphatic carbocycles. The van der Waals surface area contributed by atoms with Crippen LogP contribution >= 0.6 is 0 Å². The van der Waals surface area contributed by atoms with Crippen molar-refractivity contribution in [3.8, 4) is 0 Å². The van der Waals surface area contributed by atoms with E-state index in [1.807, 2.05) is 20.8 Å². The fraction of sp³-hybridized carbons (Fsp3) is 0.714. The molecule has 0 N–H and O–H groups in total. The molecule has 1 atom stereocenters. The van der Waals surface area contributed by atoms with Crippen LogP contribution in [0.5, 0.6) is 0 Å². The van der Waals surface area contributed by atoms with E-state index in [0.29, 0.717) is 18.5 Å². The third kappa shape index (κ3) is 3.86. The van der Waals surface area contributed by atoms with Crippen LogP contribution in [0, 0.1) is 0 Å². The number of piperidine rings is 1. The van der Waals surface area contributed by atoms with Crippen LogP contribution in [-0.2, 0) is 9.53 Å². The van der Waals surface area contributed by atoms with Crippen molar-refractivity contribution in [3.05, 3.63) is 12.2 Å². The van der Waals surface area contributed by atoms with Crippen molar-refractivity contribution < 1.29 is 14.3 Å². The zero-order valence-corrected chi connectivity index (χ0v) is 11.8. The second-order valence-electron chi connectivity index (χ2n) is 5.83. The molecule has 18 heavy (non-hydrogen) atoms. The Kier molecular flexibility index (Phi) is 4.54. The zero-order chi connectivity index (χ0) is 13.9. The third-order valence-electron chi connectivity index (χ3n) is 2.85. The number of hydrogen-bond acceptors (Lipinski definition) is 3. The minimum absolute atomic E-state index is 0.0550. The Hall–Kier alpha value is -1.32. The quantitative estimate of drug-likeness (QED) is 0.711. The molecule has 1 saturated heterocycles. The van der Waals surface area contributed by atoms with Crippen molar-refractivity contribution in [1.82, 2.24) is 4.90 Å². The first kappa shape index (κ1) is 14.7. The predicted octanol–water partition coefficient (Wildman–Crippen LogP) is 2.92. The summed E-state index contributed by atoms with van der Waals surface area (Å²) in [4.78, 5) is 25.6. The van der Waals surface area contributed by atoms with Gasteiger partial charge in [-0.2, -0.15) is 0 Å². The molecule has 0 spiro atoms. The summed E-state index contributed by atoms with van der Waals surface area (Å²) >= 11 is 0. The standard InChI is InChI=1S/C14H23NO3/c1-10(2)12(16)11-8-6-7-9-15(11)13(17)18-14(3,4)5/h11H,1,6-9H2,2-5H3. The SMILES string of the molecule is C=C(C)C(=O)C1CCCCN1C(=O)OC(C)(C)C. The molecule has 4 heteroatoms. The van der Waals surface area contributed by atoms with Gasteiger partial charge in [0.05, 0.1) is 6.04 Å². The van der Waals surface area contributed by atoms with E-state index >= 15 is 0 Å². The topological polar surface area (TPSA) is 46.6 Å². The van der Waals surface area contributed by atoms with E-state index < -0.39 is 17.7 Å². The van der Waals surface area contributed by atoms with Crippen molar-refractivity contribution in [2.24, 2.45) is 0 Å². The number of Topliss-reactive ketones (excluding diaryl/α,β-unsaturated/α-hetero) is 1. The summed E-state index contributed by atoms with van der Waals surface area (Å²) < 4.78 is 5.34. The average molecular weight is 253 g/mol. The van der Waals surface area contributed by atoms with Crippen LogP contribution in [0.4, 0.5) is 4.79 Å². The Balaban J connectivity index is 2.79. The molecule has 0 aromatic rings. The molecular formula is C14H23NO3. The highest BCUT2D eigenvalue weighted by Crippen LogP contribution is 2.22. The third-order valence-corrected chi connectivity index (χ3v) is 2.85. The van der Waals surface area contributed by atoms with Gasteiger partial charge < -0.3 is 4.74 Å². The van der Waals surface area contributed by atoms with E-state index in [2.05, 4.69) is 6.58 Å². The maximum Gasteiger partial charge on any atom is 0.410 e. The van der Waals surface area contributed by atoms with Crippen molar-refractivity contribution in [1.29, 1.82) is 0 Å². The minimum Gasteiger partial charge on any atom is -0.444 e. The highest BCUT2D eigenvalue weighted by Gasteiger charge is 2.34. The van der Waals surface area contributed by atoms with E-state index in [4.69, 9.17) is 4.74 Å². The van der Waals surface area contributed by atoms with Gasteiger partial charge in [-0.1, -0.05) is 6.58 Å². The molecule has 0 aromatic carbocycles. The lowest BCUT2D eigenvalue weighted by Crippen LogP contribution is -2.49. The molecule has 1 aliphatic heterocycles. The molecule has 0 bridgehead atoms. The van der Waals surface area contributed by atoms with Crippen LogP contribution in [0.2, 0.25) is 0 Å². The Bertz CT molecular complexity index is 355. The number of amides is 1. The summed E-state index contributed by atoms with van der Waals surface area (Å²) in [5, 5.41) is 0. The first-order valence-electron chi connectivity index (χ1n) is 6.42. The average Bonchev–Trinajstić information content (AvgIpc) is 2.25. The highest BCUT2D eigenvalue weighted by atomic mass is 16.6. The zero-order valence-electron chi connectivity index (χ0n) is 11.8. The second-order valence-corrected chi connectivity index (χ2v) is 5.83. The molecule has 1 heterocycles. The van der Waals surface area contributed by atoms with Gasteiger partial charge in [0.1, 0.15) is 5.60 Å². The van der Waals surface area contributed by atoms with Gasteiger partial charge in [0, 0.05) is 6.54 Å². The van der Waals surface area contributed by atoms with Gasteiger partial charge in [-0.3, -0.25) is 9.69 Å². The van der Waals surface area contributed by atoms with Crippen LogP contribution in [0.1, 0.15) is 47.0 Å². The molecule has 0 radical (unpaired) electrons. The number of likely N-dealkylation sites (tertiary alicyclic amines) is 1. The molecule has 4 nitrogen and oxygen atoms in total. The number of hydrogen-bond donors (Lipinski definition) is 0. The van der Waals surface area contributed by atoms with Crippen LogP contribution in [0.3, 0.4) is 0 Å². The molecule has 1 unspecified atom stereocenters. The fourth-order valence-electron chi connectivity index (χ4n) is 2.03. The van der Waals surface area contributed by atoms with E-state index in [1.165, 1.54) is 0 Å². The fourth-order valence-corrected chi connectivity index (χ4v) is 2.03. The van der Waals surface area contributed by atoms with Crippen LogP contribution in [0.15, 0.2) is 12.2 Å². The van der Waals surface area contributed by atoms with Crippen molar-refractivity contribution in [3.63, 3.8) is 0 Å². The molecule has 1 fully saturated rings. The van der Waals surface area contributed by atoms with Gasteiger partial charge in [0.25, 0.3) is 0 Å². The maximum atomic E-state index is 12.1. The first-order valence-corrected chi connectivity index (χ1v) is 6.42. The normalized spacial score (nSPS) is 20.4. The molecule has 0 saturated carbocycles. The highest BCUT2D eigenvalue weighted by molar-refractivity contribution is 6.00. The lowest BCUT2D eigenvalue weighted by atomic mass is 9.96. The van der Waals surface area contributed by atoms with E-state index in [1.54, 1.807) is 11.8 Å². The summed E-state index contributed by atoms with van der Waals surface area (Å²) in [6, 6.07) is -0.397. The van der Waals surface area contributed by atoms with Gasteiger partial charge in [0.15, 0.2) is 5.78 Å². The number of nitrogens with zero attached hydrogens (tertiary/aromatic N) is 1.